The quantitative estimate of drug-likeness (QED) is 0.342. The van der Waals surface area contributed by atoms with Gasteiger partial charge in [0.2, 0.25) is 0 Å². The van der Waals surface area contributed by atoms with Crippen molar-refractivity contribution in [2.45, 2.75) is 26.7 Å². The summed E-state index contributed by atoms with van der Waals surface area (Å²) in [5.74, 6) is 1.27. The van der Waals surface area contributed by atoms with E-state index in [9.17, 15) is 5.11 Å². The number of phenols is 1. The number of benzene rings is 1. The Morgan fingerprint density at radius 3 is 2.43 bits per heavy atom. The molecule has 1 aliphatic rings. The molecule has 1 aromatic carbocycles. The number of ether oxygens (including phenoxy) is 2. The zero-order valence-corrected chi connectivity index (χ0v) is 17.4. The monoisotopic (exact) mass is 392 g/mol. The summed E-state index contributed by atoms with van der Waals surface area (Å²) in [7, 11) is 0. The van der Waals surface area contributed by atoms with Gasteiger partial charge in [0.1, 0.15) is 5.75 Å². The number of unbranched alkanes of at least 4 members (excludes halogenated alkanes) is 1. The van der Waals surface area contributed by atoms with Gasteiger partial charge in [-0.25, -0.2) is 0 Å². The maximum atomic E-state index is 10.1. The third-order valence-corrected chi connectivity index (χ3v) is 4.65. The molecule has 1 saturated heterocycles. The van der Waals surface area contributed by atoms with Gasteiger partial charge in [-0.05, 0) is 25.5 Å². The lowest BCUT2D eigenvalue weighted by molar-refractivity contribution is 0.0497. The van der Waals surface area contributed by atoms with Crippen molar-refractivity contribution in [3.05, 3.63) is 24.3 Å². The van der Waals surface area contributed by atoms with Crippen LogP contribution in [0.1, 0.15) is 26.7 Å². The van der Waals surface area contributed by atoms with Crippen molar-refractivity contribution in [1.82, 2.24) is 10.2 Å². The van der Waals surface area contributed by atoms with Gasteiger partial charge in [0.25, 0.3) is 0 Å². The van der Waals surface area contributed by atoms with E-state index in [1.54, 1.807) is 6.07 Å². The number of phenolic OH excluding ortho intramolecular Hbond substituents is 1. The van der Waals surface area contributed by atoms with Crippen LogP contribution in [-0.2, 0) is 9.47 Å². The summed E-state index contributed by atoms with van der Waals surface area (Å²) >= 11 is 0. The van der Waals surface area contributed by atoms with E-state index >= 15 is 0 Å². The third kappa shape index (κ3) is 7.56. The van der Waals surface area contributed by atoms with Crippen LogP contribution in [0.15, 0.2) is 29.3 Å². The first-order valence-corrected chi connectivity index (χ1v) is 10.5. The fourth-order valence-corrected chi connectivity index (χ4v) is 3.10. The summed E-state index contributed by atoms with van der Waals surface area (Å²) in [5.41, 5.74) is 0.902. The molecule has 0 saturated carbocycles. The van der Waals surface area contributed by atoms with Crippen molar-refractivity contribution < 1.29 is 14.6 Å². The maximum Gasteiger partial charge on any atom is 0.194 e. The van der Waals surface area contributed by atoms with E-state index in [4.69, 9.17) is 14.5 Å². The topological polar surface area (TPSA) is 69.6 Å². The Hall–Kier alpha value is -1.99. The number of anilines is 1. The van der Waals surface area contributed by atoms with Gasteiger partial charge in [-0.1, -0.05) is 25.5 Å². The third-order valence-electron chi connectivity index (χ3n) is 4.65. The Kier molecular flexibility index (Phi) is 10.5. The highest BCUT2D eigenvalue weighted by Gasteiger charge is 2.21. The average Bonchev–Trinajstić information content (AvgIpc) is 2.72. The first-order chi connectivity index (χ1) is 13.8. The maximum absolute atomic E-state index is 10.1. The Labute approximate surface area is 169 Å². The van der Waals surface area contributed by atoms with Crippen molar-refractivity contribution >= 4 is 11.6 Å². The summed E-state index contributed by atoms with van der Waals surface area (Å²) in [6.07, 6.45) is 2.26. The first kappa shape index (κ1) is 22.3. The molecule has 7 heteroatoms. The fraction of sp³-hybridized carbons (Fsp3) is 0.667. The molecule has 28 heavy (non-hydrogen) atoms. The number of para-hydroxylation sites is 2. The second-order valence-corrected chi connectivity index (χ2v) is 6.78. The zero-order valence-electron chi connectivity index (χ0n) is 17.4. The minimum absolute atomic E-state index is 0.340. The lowest BCUT2D eigenvalue weighted by Crippen LogP contribution is -2.52. The van der Waals surface area contributed by atoms with Crippen LogP contribution in [0, 0.1) is 0 Å². The fourth-order valence-electron chi connectivity index (χ4n) is 3.10. The smallest absolute Gasteiger partial charge is 0.194 e. The Morgan fingerprint density at radius 1 is 1.04 bits per heavy atom. The SMILES string of the molecule is CCCCOCCOCCN=C(NCC)N1CCN(c2ccccc2O)CC1. The van der Waals surface area contributed by atoms with E-state index in [1.807, 2.05) is 18.2 Å². The van der Waals surface area contributed by atoms with Crippen LogP contribution in [0.4, 0.5) is 5.69 Å². The molecule has 2 N–H and O–H groups in total. The molecular weight excluding hydrogens is 356 g/mol. The van der Waals surface area contributed by atoms with Crippen LogP contribution in [0.5, 0.6) is 5.75 Å². The highest BCUT2D eigenvalue weighted by molar-refractivity contribution is 5.80. The van der Waals surface area contributed by atoms with Crippen molar-refractivity contribution in [2.75, 3.05) is 70.6 Å². The number of nitrogens with zero attached hydrogens (tertiary/aromatic N) is 3. The van der Waals surface area contributed by atoms with Crippen LogP contribution >= 0.6 is 0 Å². The van der Waals surface area contributed by atoms with Gasteiger partial charge in [0, 0.05) is 39.3 Å². The van der Waals surface area contributed by atoms with Crippen LogP contribution < -0.4 is 10.2 Å². The van der Waals surface area contributed by atoms with Gasteiger partial charge in [-0.15, -0.1) is 0 Å². The summed E-state index contributed by atoms with van der Waals surface area (Å²) in [6.45, 7) is 11.8. The van der Waals surface area contributed by atoms with E-state index < -0.39 is 0 Å². The van der Waals surface area contributed by atoms with Gasteiger partial charge >= 0.3 is 0 Å². The zero-order chi connectivity index (χ0) is 20.0. The number of hydrogen-bond donors (Lipinski definition) is 2. The predicted octanol–water partition coefficient (Wildman–Crippen LogP) is 2.31. The minimum atomic E-state index is 0.340. The van der Waals surface area contributed by atoms with E-state index in [0.717, 1.165) is 63.8 Å². The first-order valence-electron chi connectivity index (χ1n) is 10.5. The number of aromatic hydroxyl groups is 1. The Morgan fingerprint density at radius 2 is 1.75 bits per heavy atom. The molecular formula is C21H36N4O3. The van der Waals surface area contributed by atoms with Crippen molar-refractivity contribution in [3.8, 4) is 5.75 Å². The molecule has 0 amide bonds. The molecule has 0 aromatic heterocycles. The number of nitrogens with one attached hydrogen (secondary N) is 1. The molecule has 0 spiro atoms. The Balaban J connectivity index is 1.71. The van der Waals surface area contributed by atoms with Gasteiger partial charge < -0.3 is 29.7 Å². The molecule has 1 aromatic rings. The molecule has 1 aliphatic heterocycles. The second-order valence-electron chi connectivity index (χ2n) is 6.78. The molecule has 0 bridgehead atoms. The van der Waals surface area contributed by atoms with Crippen molar-refractivity contribution in [2.24, 2.45) is 4.99 Å². The molecule has 0 aliphatic carbocycles. The van der Waals surface area contributed by atoms with E-state index in [0.29, 0.717) is 32.1 Å². The molecule has 1 fully saturated rings. The summed E-state index contributed by atoms with van der Waals surface area (Å²) in [6, 6.07) is 7.52. The highest BCUT2D eigenvalue weighted by Crippen LogP contribution is 2.27. The van der Waals surface area contributed by atoms with Gasteiger partial charge in [-0.2, -0.15) is 0 Å². The molecule has 2 rings (SSSR count). The van der Waals surface area contributed by atoms with E-state index in [-0.39, 0.29) is 0 Å². The number of guanidine groups is 1. The number of rotatable bonds is 11. The van der Waals surface area contributed by atoms with Gasteiger partial charge in [0.15, 0.2) is 5.96 Å². The molecule has 1 heterocycles. The molecule has 7 nitrogen and oxygen atoms in total. The molecule has 0 radical (unpaired) electrons. The normalized spacial score (nSPS) is 15.1. The summed E-state index contributed by atoms with van der Waals surface area (Å²) in [5, 5.41) is 13.4. The molecule has 0 atom stereocenters. The lowest BCUT2D eigenvalue weighted by Gasteiger charge is -2.37. The number of aliphatic imine (C=N–C) groups is 1. The lowest BCUT2D eigenvalue weighted by atomic mass is 10.2. The summed E-state index contributed by atoms with van der Waals surface area (Å²) in [4.78, 5) is 9.19. The predicted molar refractivity (Wildman–Crippen MR) is 114 cm³/mol. The van der Waals surface area contributed by atoms with Crippen molar-refractivity contribution in [1.29, 1.82) is 0 Å². The van der Waals surface area contributed by atoms with E-state index in [1.165, 1.54) is 0 Å². The standard InChI is InChI=1S/C21H36N4O3/c1-3-5-15-27-17-18-28-16-10-23-21(22-4-2)25-13-11-24(12-14-25)19-8-6-7-9-20(19)26/h6-9,26H,3-5,10-18H2,1-2H3,(H,22,23). The van der Waals surface area contributed by atoms with Crippen LogP contribution in [0.2, 0.25) is 0 Å². The average molecular weight is 393 g/mol. The minimum Gasteiger partial charge on any atom is -0.506 e. The highest BCUT2D eigenvalue weighted by atomic mass is 16.5. The van der Waals surface area contributed by atoms with Gasteiger partial charge in [0.05, 0.1) is 32.1 Å². The van der Waals surface area contributed by atoms with Crippen LogP contribution in [0.25, 0.3) is 0 Å². The van der Waals surface area contributed by atoms with E-state index in [2.05, 4.69) is 29.0 Å². The van der Waals surface area contributed by atoms with Gasteiger partial charge in [-0.3, -0.25) is 4.99 Å². The number of piperazine rings is 1. The summed E-state index contributed by atoms with van der Waals surface area (Å²) < 4.78 is 11.1. The largest absolute Gasteiger partial charge is 0.506 e. The Bertz CT molecular complexity index is 575. The van der Waals surface area contributed by atoms with Crippen LogP contribution in [0.3, 0.4) is 0 Å². The second kappa shape index (κ2) is 13.2. The molecule has 158 valence electrons. The molecule has 0 unspecified atom stereocenters. The number of hydrogen-bond acceptors (Lipinski definition) is 5. The van der Waals surface area contributed by atoms with Crippen molar-refractivity contribution in [3.63, 3.8) is 0 Å². The van der Waals surface area contributed by atoms with Crippen LogP contribution in [-0.4, -0.2) is 81.7 Å².